The average molecular weight is 921 g/mol. The van der Waals surface area contributed by atoms with E-state index < -0.39 is 0 Å². The molecule has 0 fully saturated rings. The van der Waals surface area contributed by atoms with Crippen molar-refractivity contribution < 1.29 is 8.83 Å². The molecular weight excluding hydrogens is 881 g/mol. The van der Waals surface area contributed by atoms with Crippen LogP contribution in [0.3, 0.4) is 0 Å². The Morgan fingerprint density at radius 2 is 1.01 bits per heavy atom. The van der Waals surface area contributed by atoms with E-state index in [1.165, 1.54) is 48.6 Å². The number of fused-ring (bicyclic) bond motifs is 17. The third-order valence-electron chi connectivity index (χ3n) is 15.2. The summed E-state index contributed by atoms with van der Waals surface area (Å²) in [6.45, 7) is 0. The molecule has 6 heteroatoms. The highest BCUT2D eigenvalue weighted by Crippen LogP contribution is 2.46. The van der Waals surface area contributed by atoms with Gasteiger partial charge >= 0.3 is 0 Å². The monoisotopic (exact) mass is 920 g/mol. The van der Waals surface area contributed by atoms with Crippen LogP contribution in [-0.4, -0.2) is 20.8 Å². The molecule has 15 aromatic rings. The number of rotatable bonds is 3. The fourth-order valence-corrected chi connectivity index (χ4v) is 12.0. The molecule has 0 amide bonds. The zero-order valence-electron chi connectivity index (χ0n) is 38.8. The predicted molar refractivity (Wildman–Crippen MR) is 300 cm³/mol. The van der Waals surface area contributed by atoms with E-state index in [0.29, 0.717) is 18.7 Å². The molecule has 0 N–H and O–H groups in total. The van der Waals surface area contributed by atoms with E-state index in [1.54, 1.807) is 0 Å². The zero-order valence-corrected chi connectivity index (χ0v) is 38.8. The molecular formula is C66H40N4O2. The number of hydrogen-bond acceptors (Lipinski definition) is 4. The van der Waals surface area contributed by atoms with E-state index in [2.05, 4.69) is 209 Å². The molecule has 336 valence electrons. The van der Waals surface area contributed by atoms with Gasteiger partial charge in [0.2, 0.25) is 0 Å². The second-order valence-electron chi connectivity index (χ2n) is 19.1. The Hall–Kier alpha value is -9.52. The van der Waals surface area contributed by atoms with Gasteiger partial charge in [-0.3, -0.25) is 4.57 Å². The predicted octanol–water partition coefficient (Wildman–Crippen LogP) is 17.7. The molecule has 1 aliphatic heterocycles. The minimum Gasteiger partial charge on any atom is -0.456 e. The van der Waals surface area contributed by atoms with Gasteiger partial charge in [0.05, 0.1) is 38.8 Å². The third-order valence-corrected chi connectivity index (χ3v) is 15.2. The van der Waals surface area contributed by atoms with Crippen molar-refractivity contribution in [3.63, 3.8) is 0 Å². The Labute approximate surface area is 411 Å². The summed E-state index contributed by atoms with van der Waals surface area (Å²) in [7, 11) is 0. The molecule has 72 heavy (non-hydrogen) atoms. The van der Waals surface area contributed by atoms with Gasteiger partial charge in [-0.2, -0.15) is 0 Å². The van der Waals surface area contributed by atoms with E-state index in [4.69, 9.17) is 18.8 Å². The van der Waals surface area contributed by atoms with Gasteiger partial charge in [0, 0.05) is 66.0 Å². The lowest BCUT2D eigenvalue weighted by Gasteiger charge is -2.17. The molecule has 0 radical (unpaired) electrons. The van der Waals surface area contributed by atoms with Crippen molar-refractivity contribution in [1.29, 1.82) is 0 Å². The Kier molecular flexibility index (Phi) is 8.19. The van der Waals surface area contributed by atoms with Crippen LogP contribution in [0.1, 0.15) is 24.0 Å². The van der Waals surface area contributed by atoms with Crippen molar-refractivity contribution in [2.45, 2.75) is 12.8 Å². The van der Waals surface area contributed by atoms with Gasteiger partial charge in [-0.1, -0.05) is 164 Å². The molecule has 0 saturated carbocycles. The maximum atomic E-state index is 7.40. The van der Waals surface area contributed by atoms with Crippen LogP contribution in [0.15, 0.2) is 237 Å². The van der Waals surface area contributed by atoms with Crippen LogP contribution >= 0.6 is 0 Å². The van der Waals surface area contributed by atoms with Gasteiger partial charge in [-0.15, -0.1) is 0 Å². The van der Waals surface area contributed by atoms with Crippen LogP contribution in [0.4, 0.5) is 0 Å². The Balaban J connectivity index is 1.01. The van der Waals surface area contributed by atoms with Gasteiger partial charge in [0.15, 0.2) is 5.84 Å². The average Bonchev–Trinajstić information content (AvgIpc) is 4.19. The van der Waals surface area contributed by atoms with Crippen molar-refractivity contribution >= 4 is 137 Å². The van der Waals surface area contributed by atoms with Crippen molar-refractivity contribution in [3.8, 4) is 5.69 Å². The summed E-state index contributed by atoms with van der Waals surface area (Å²) in [4.78, 5) is 11.5. The molecule has 11 aromatic carbocycles. The molecule has 0 saturated heterocycles. The van der Waals surface area contributed by atoms with Crippen molar-refractivity contribution in [2.24, 2.45) is 9.98 Å². The van der Waals surface area contributed by atoms with Gasteiger partial charge in [0.25, 0.3) is 0 Å². The lowest BCUT2D eigenvalue weighted by atomic mass is 10.0. The number of benzene rings is 11. The number of aromatic nitrogens is 2. The minimum absolute atomic E-state index is 0.606. The molecule has 1 aliphatic rings. The van der Waals surface area contributed by atoms with Crippen LogP contribution in [0, 0.1) is 0 Å². The van der Waals surface area contributed by atoms with Crippen LogP contribution in [0.5, 0.6) is 0 Å². The zero-order chi connectivity index (χ0) is 47.0. The molecule has 0 spiro atoms. The summed E-state index contributed by atoms with van der Waals surface area (Å²) in [5, 5.41) is 15.9. The highest BCUT2D eigenvalue weighted by atomic mass is 16.3. The van der Waals surface area contributed by atoms with Gasteiger partial charge in [-0.05, 0) is 82.6 Å². The number of furan rings is 2. The third kappa shape index (κ3) is 5.60. The van der Waals surface area contributed by atoms with Crippen LogP contribution < -0.4 is 0 Å². The first-order chi connectivity index (χ1) is 35.7. The SMILES string of the molecule is C1=C(c2ccc(-n3c4cc5ccccc5cc4c4ccc5ccccc5c43)c3c2oc2c4ccccc4ccc23)N=C(c2cccc3oc4ccccc4c23)N=C(n2c3ccccc3c3ccccc32)CC1. The summed E-state index contributed by atoms with van der Waals surface area (Å²) in [6.07, 6.45) is 3.65. The Morgan fingerprint density at radius 3 is 1.81 bits per heavy atom. The van der Waals surface area contributed by atoms with Crippen molar-refractivity contribution in [1.82, 2.24) is 9.13 Å². The maximum Gasteiger partial charge on any atom is 0.162 e. The minimum atomic E-state index is 0.606. The molecule has 5 heterocycles. The van der Waals surface area contributed by atoms with Gasteiger partial charge in [0.1, 0.15) is 28.2 Å². The van der Waals surface area contributed by atoms with Gasteiger partial charge in [-0.25, -0.2) is 9.98 Å². The number of para-hydroxylation sites is 3. The number of nitrogens with zero attached hydrogens (tertiary/aromatic N) is 4. The van der Waals surface area contributed by atoms with Crippen molar-refractivity contribution in [2.75, 3.05) is 0 Å². The maximum absolute atomic E-state index is 7.40. The summed E-state index contributed by atoms with van der Waals surface area (Å²) >= 11 is 0. The molecule has 4 aromatic heterocycles. The largest absolute Gasteiger partial charge is 0.456 e. The number of aliphatic imine (C=N–C) groups is 2. The van der Waals surface area contributed by atoms with E-state index in [9.17, 15) is 0 Å². The van der Waals surface area contributed by atoms with Crippen LogP contribution in [0.2, 0.25) is 0 Å². The first-order valence-corrected chi connectivity index (χ1v) is 24.7. The topological polar surface area (TPSA) is 60.9 Å². The fourth-order valence-electron chi connectivity index (χ4n) is 12.0. The number of hydrogen-bond donors (Lipinski definition) is 0. The molecule has 0 unspecified atom stereocenters. The van der Waals surface area contributed by atoms with E-state index in [0.717, 1.165) is 99.5 Å². The summed E-state index contributed by atoms with van der Waals surface area (Å²) in [5.41, 5.74) is 11.4. The van der Waals surface area contributed by atoms with Crippen LogP contribution in [0.25, 0.3) is 131 Å². The quantitative estimate of drug-likeness (QED) is 0.177. The highest BCUT2D eigenvalue weighted by molar-refractivity contribution is 6.26. The highest BCUT2D eigenvalue weighted by Gasteiger charge is 2.26. The van der Waals surface area contributed by atoms with E-state index >= 15 is 0 Å². The molecule has 6 nitrogen and oxygen atoms in total. The molecule has 0 atom stereocenters. The van der Waals surface area contributed by atoms with E-state index in [1.807, 2.05) is 18.2 Å². The summed E-state index contributed by atoms with van der Waals surface area (Å²) < 4.78 is 18.7. The Bertz CT molecular complexity index is 4880. The van der Waals surface area contributed by atoms with E-state index in [-0.39, 0.29) is 0 Å². The van der Waals surface area contributed by atoms with Crippen molar-refractivity contribution in [3.05, 3.63) is 230 Å². The lowest BCUT2D eigenvalue weighted by Crippen LogP contribution is -2.16. The Morgan fingerprint density at radius 1 is 0.375 bits per heavy atom. The second-order valence-corrected chi connectivity index (χ2v) is 19.1. The van der Waals surface area contributed by atoms with Gasteiger partial charge < -0.3 is 13.4 Å². The lowest BCUT2D eigenvalue weighted by molar-refractivity contribution is 0.669. The molecule has 0 aliphatic carbocycles. The standard InChI is InChI=1S/C66H40N4O2/c1-2-18-42-38-57-52(37-41(42)17-1)47-33-31-39-15-3-5-19-43(39)63(47)70(57)56-36-35-48(65-62(56)50-34-32-40-16-4-6-20-44(40)64(50)72-65)53-25-14-30-60(69-54-26-10-7-21-45(54)46-22-8-11-27-55(46)69)68-66(67-53)51-24-13-29-59-61(51)49-23-9-12-28-58(49)71-59/h1-13,15-29,31-38H,14,30H2. The summed E-state index contributed by atoms with van der Waals surface area (Å²) in [6, 6.07) is 76.0. The second kappa shape index (κ2) is 15.0. The smallest absolute Gasteiger partial charge is 0.162 e. The molecule has 16 rings (SSSR count). The summed E-state index contributed by atoms with van der Waals surface area (Å²) in [5.74, 6) is 1.53. The fraction of sp³-hybridized carbons (Fsp3) is 0.0303. The van der Waals surface area contributed by atoms with Crippen LogP contribution in [-0.2, 0) is 0 Å². The first-order valence-electron chi connectivity index (χ1n) is 24.7. The number of allylic oxidation sites excluding steroid dienone is 1. The first kappa shape index (κ1) is 39.3. The molecule has 0 bridgehead atoms. The number of amidine groups is 1. The normalized spacial score (nSPS) is 13.7.